The van der Waals surface area contributed by atoms with Crippen molar-refractivity contribution in [2.75, 3.05) is 13.1 Å². The number of benzene rings is 1. The molecule has 17 heavy (non-hydrogen) atoms. The van der Waals surface area contributed by atoms with Crippen molar-refractivity contribution in [3.05, 3.63) is 35.8 Å². The number of Topliss-reactive ketones (excluding diaryl/α,β-unsaturated/α-hetero) is 1. The van der Waals surface area contributed by atoms with Crippen LogP contribution in [0.1, 0.15) is 10.6 Å². The number of carbonyl (C=O) groups is 1. The standard InChI is InChI=1S/C13H10FNO2/c1-2-5-15-8-11(16)13-7-9-6-10(14)3-4-12(9)17-13/h1,3-4,6-7,15H,5,8H2. The van der Waals surface area contributed by atoms with Gasteiger partial charge in [0.15, 0.2) is 5.76 Å². The molecule has 0 spiro atoms. The van der Waals surface area contributed by atoms with Gasteiger partial charge in [-0.15, -0.1) is 6.42 Å². The van der Waals surface area contributed by atoms with E-state index >= 15 is 0 Å². The van der Waals surface area contributed by atoms with Crippen LogP contribution < -0.4 is 5.32 Å². The van der Waals surface area contributed by atoms with Crippen LogP contribution in [0.25, 0.3) is 11.0 Å². The van der Waals surface area contributed by atoms with E-state index in [4.69, 9.17) is 10.8 Å². The largest absolute Gasteiger partial charge is 0.453 e. The second-order valence-electron chi connectivity index (χ2n) is 3.52. The summed E-state index contributed by atoms with van der Waals surface area (Å²) in [6, 6.07) is 5.63. The smallest absolute Gasteiger partial charge is 0.211 e. The molecular weight excluding hydrogens is 221 g/mol. The number of nitrogens with one attached hydrogen (secondary N) is 1. The van der Waals surface area contributed by atoms with Crippen LogP contribution >= 0.6 is 0 Å². The van der Waals surface area contributed by atoms with Crippen molar-refractivity contribution in [3.63, 3.8) is 0 Å². The Morgan fingerprint density at radius 3 is 3.06 bits per heavy atom. The van der Waals surface area contributed by atoms with Gasteiger partial charge in [0.1, 0.15) is 11.4 Å². The lowest BCUT2D eigenvalue weighted by molar-refractivity contribution is 0.0968. The number of furan rings is 1. The van der Waals surface area contributed by atoms with Crippen LogP contribution in [-0.2, 0) is 0 Å². The molecule has 0 atom stereocenters. The van der Waals surface area contributed by atoms with Gasteiger partial charge in [-0.25, -0.2) is 4.39 Å². The van der Waals surface area contributed by atoms with Gasteiger partial charge in [-0.1, -0.05) is 5.92 Å². The Kier molecular flexibility index (Phi) is 3.22. The van der Waals surface area contributed by atoms with Crippen molar-refractivity contribution in [1.82, 2.24) is 5.32 Å². The molecular formula is C13H10FNO2. The summed E-state index contributed by atoms with van der Waals surface area (Å²) in [7, 11) is 0. The zero-order chi connectivity index (χ0) is 12.3. The lowest BCUT2D eigenvalue weighted by Crippen LogP contribution is -2.22. The number of hydrogen-bond donors (Lipinski definition) is 1. The predicted octanol–water partition coefficient (Wildman–Crippen LogP) is 1.98. The molecule has 0 saturated carbocycles. The number of ketones is 1. The molecule has 0 saturated heterocycles. The molecule has 0 radical (unpaired) electrons. The van der Waals surface area contributed by atoms with E-state index in [0.717, 1.165) is 0 Å². The fraction of sp³-hybridized carbons (Fsp3) is 0.154. The molecule has 0 unspecified atom stereocenters. The Morgan fingerprint density at radius 1 is 1.47 bits per heavy atom. The van der Waals surface area contributed by atoms with Gasteiger partial charge in [0.25, 0.3) is 0 Å². The number of halogens is 1. The van der Waals surface area contributed by atoms with Crippen LogP contribution in [0.2, 0.25) is 0 Å². The first kappa shape index (κ1) is 11.4. The number of fused-ring (bicyclic) bond motifs is 1. The van der Waals surface area contributed by atoms with Crippen molar-refractivity contribution in [3.8, 4) is 12.3 Å². The fourth-order valence-corrected chi connectivity index (χ4v) is 1.49. The van der Waals surface area contributed by atoms with E-state index in [2.05, 4.69) is 11.2 Å². The Balaban J connectivity index is 2.19. The van der Waals surface area contributed by atoms with E-state index in [1.165, 1.54) is 24.3 Å². The molecule has 0 fully saturated rings. The molecule has 1 aromatic heterocycles. The lowest BCUT2D eigenvalue weighted by Gasteiger charge is -1.96. The quantitative estimate of drug-likeness (QED) is 0.497. The molecule has 4 heteroatoms. The van der Waals surface area contributed by atoms with E-state index in [1.807, 2.05) is 0 Å². The molecule has 0 bridgehead atoms. The first-order chi connectivity index (χ1) is 8.20. The van der Waals surface area contributed by atoms with E-state index in [1.54, 1.807) is 0 Å². The summed E-state index contributed by atoms with van der Waals surface area (Å²) in [5.41, 5.74) is 0.492. The Labute approximate surface area is 97.6 Å². The van der Waals surface area contributed by atoms with Gasteiger partial charge in [0.2, 0.25) is 5.78 Å². The minimum atomic E-state index is -0.359. The van der Waals surface area contributed by atoms with Gasteiger partial charge >= 0.3 is 0 Å². The molecule has 0 amide bonds. The zero-order valence-corrected chi connectivity index (χ0v) is 9.00. The monoisotopic (exact) mass is 231 g/mol. The molecule has 2 rings (SSSR count). The van der Waals surface area contributed by atoms with Crippen LogP contribution in [0, 0.1) is 18.2 Å². The summed E-state index contributed by atoms with van der Waals surface area (Å²) in [5, 5.41) is 3.34. The Morgan fingerprint density at radius 2 is 2.29 bits per heavy atom. The number of hydrogen-bond acceptors (Lipinski definition) is 3. The molecule has 0 aliphatic heterocycles. The molecule has 1 aromatic carbocycles. The van der Waals surface area contributed by atoms with Crippen LogP contribution in [0.5, 0.6) is 0 Å². The predicted molar refractivity (Wildman–Crippen MR) is 62.2 cm³/mol. The summed E-state index contributed by atoms with van der Waals surface area (Å²) in [5.74, 6) is 2.00. The fourth-order valence-electron chi connectivity index (χ4n) is 1.49. The minimum absolute atomic E-state index is 0.104. The first-order valence-electron chi connectivity index (χ1n) is 5.07. The highest BCUT2D eigenvalue weighted by molar-refractivity contribution is 5.98. The topological polar surface area (TPSA) is 42.2 Å². The van der Waals surface area contributed by atoms with Gasteiger partial charge in [0.05, 0.1) is 13.1 Å². The maximum Gasteiger partial charge on any atom is 0.211 e. The zero-order valence-electron chi connectivity index (χ0n) is 9.00. The van der Waals surface area contributed by atoms with Gasteiger partial charge in [-0.05, 0) is 24.3 Å². The molecule has 1 heterocycles. The third kappa shape index (κ3) is 2.52. The third-order valence-electron chi connectivity index (χ3n) is 2.27. The second kappa shape index (κ2) is 4.81. The van der Waals surface area contributed by atoms with Crippen LogP contribution in [-0.4, -0.2) is 18.9 Å². The van der Waals surface area contributed by atoms with Crippen molar-refractivity contribution < 1.29 is 13.6 Å². The molecule has 0 aliphatic rings. The summed E-state index contributed by atoms with van der Waals surface area (Å²) >= 11 is 0. The third-order valence-corrected chi connectivity index (χ3v) is 2.27. The average Bonchev–Trinajstić information content (AvgIpc) is 2.72. The van der Waals surface area contributed by atoms with Crippen molar-refractivity contribution in [1.29, 1.82) is 0 Å². The van der Waals surface area contributed by atoms with Gasteiger partial charge in [-0.3, -0.25) is 10.1 Å². The summed E-state index contributed by atoms with van der Waals surface area (Å²) in [6.07, 6.45) is 5.04. The molecule has 86 valence electrons. The summed E-state index contributed by atoms with van der Waals surface area (Å²) in [4.78, 5) is 11.7. The summed E-state index contributed by atoms with van der Waals surface area (Å²) in [6.45, 7) is 0.424. The highest BCUT2D eigenvalue weighted by Gasteiger charge is 2.11. The maximum absolute atomic E-state index is 12.9. The second-order valence-corrected chi connectivity index (χ2v) is 3.52. The van der Waals surface area contributed by atoms with Crippen LogP contribution in [0.4, 0.5) is 4.39 Å². The molecule has 2 aromatic rings. The number of terminal acetylenes is 1. The van der Waals surface area contributed by atoms with Gasteiger partial charge in [-0.2, -0.15) is 0 Å². The van der Waals surface area contributed by atoms with E-state index in [-0.39, 0.29) is 23.9 Å². The van der Waals surface area contributed by atoms with Crippen LogP contribution in [0.3, 0.4) is 0 Å². The lowest BCUT2D eigenvalue weighted by atomic mass is 10.2. The molecule has 1 N–H and O–H groups in total. The van der Waals surface area contributed by atoms with Gasteiger partial charge in [0, 0.05) is 5.39 Å². The Hall–Kier alpha value is -2.12. The SMILES string of the molecule is C#CCNCC(=O)c1cc2cc(F)ccc2o1. The number of carbonyl (C=O) groups excluding carboxylic acids is 1. The molecule has 3 nitrogen and oxygen atoms in total. The molecule has 0 aliphatic carbocycles. The van der Waals surface area contributed by atoms with Crippen molar-refractivity contribution in [2.45, 2.75) is 0 Å². The van der Waals surface area contributed by atoms with Crippen LogP contribution in [0.15, 0.2) is 28.7 Å². The summed E-state index contributed by atoms with van der Waals surface area (Å²) < 4.78 is 18.2. The average molecular weight is 231 g/mol. The van der Waals surface area contributed by atoms with Crippen molar-refractivity contribution in [2.24, 2.45) is 0 Å². The Bertz CT molecular complexity index is 595. The van der Waals surface area contributed by atoms with Gasteiger partial charge < -0.3 is 4.42 Å². The highest BCUT2D eigenvalue weighted by atomic mass is 19.1. The first-order valence-corrected chi connectivity index (χ1v) is 5.07. The van der Waals surface area contributed by atoms with E-state index < -0.39 is 0 Å². The highest BCUT2D eigenvalue weighted by Crippen LogP contribution is 2.20. The maximum atomic E-state index is 12.9. The minimum Gasteiger partial charge on any atom is -0.453 e. The van der Waals surface area contributed by atoms with Crippen molar-refractivity contribution >= 4 is 16.8 Å². The number of rotatable bonds is 4. The van der Waals surface area contributed by atoms with E-state index in [0.29, 0.717) is 17.5 Å². The normalized spacial score (nSPS) is 10.4. The van der Waals surface area contributed by atoms with E-state index in [9.17, 15) is 9.18 Å².